The molecule has 1 aromatic carbocycles. The Bertz CT molecular complexity index is 751. The van der Waals surface area contributed by atoms with Crippen molar-refractivity contribution in [1.29, 1.82) is 5.26 Å². The molecule has 0 bridgehead atoms. The van der Waals surface area contributed by atoms with E-state index in [1.54, 1.807) is 13.8 Å². The molecule has 2 N–H and O–H groups in total. The van der Waals surface area contributed by atoms with Crippen LogP contribution < -0.4 is 10.6 Å². The number of anilines is 2. The predicted molar refractivity (Wildman–Crippen MR) is 83.5 cm³/mol. The normalized spacial score (nSPS) is 13.0. The summed E-state index contributed by atoms with van der Waals surface area (Å²) in [6.07, 6.45) is 0.451. The maximum atomic E-state index is 13.1. The van der Waals surface area contributed by atoms with E-state index in [1.807, 2.05) is 6.07 Å². The van der Waals surface area contributed by atoms with Crippen LogP contribution in [0.5, 0.6) is 0 Å². The molecule has 2 rings (SSSR count). The predicted octanol–water partition coefficient (Wildman–Crippen LogP) is 3.59. The lowest BCUT2D eigenvalue weighted by molar-refractivity contribution is 0.0918. The number of amides is 1. The summed E-state index contributed by atoms with van der Waals surface area (Å²) in [5.74, 6) is -1.91. The minimum atomic E-state index is -0.972. The second-order valence-corrected chi connectivity index (χ2v) is 5.93. The number of carbonyl (C=O) groups excluding carboxylic acids is 1. The maximum absolute atomic E-state index is 13.1. The summed E-state index contributed by atoms with van der Waals surface area (Å²) < 4.78 is 26.3. The van der Waals surface area contributed by atoms with E-state index in [-0.39, 0.29) is 11.4 Å². The molecule has 8 heteroatoms. The average Bonchev–Trinajstić information content (AvgIpc) is 2.94. The standard InChI is InChI=1S/C15H14F2N4OS/c1-3-15(2,8-18)21-13(22)12-7-23-14(20-12)19-11-5-9(16)4-10(17)6-11/h4-7H,3H2,1-2H3,(H,19,20)(H,21,22). The average molecular weight is 336 g/mol. The third kappa shape index (κ3) is 4.23. The number of thiazole rings is 1. The van der Waals surface area contributed by atoms with E-state index in [0.717, 1.165) is 29.5 Å². The molecule has 2 aromatic rings. The van der Waals surface area contributed by atoms with Gasteiger partial charge in [0.25, 0.3) is 5.91 Å². The van der Waals surface area contributed by atoms with Crippen LogP contribution in [0.4, 0.5) is 19.6 Å². The highest BCUT2D eigenvalue weighted by Gasteiger charge is 2.25. The van der Waals surface area contributed by atoms with E-state index in [1.165, 1.54) is 5.38 Å². The largest absolute Gasteiger partial charge is 0.333 e. The number of hydrogen-bond acceptors (Lipinski definition) is 5. The van der Waals surface area contributed by atoms with E-state index in [9.17, 15) is 13.6 Å². The summed E-state index contributed by atoms with van der Waals surface area (Å²) >= 11 is 1.11. The van der Waals surface area contributed by atoms with Crippen molar-refractivity contribution in [2.45, 2.75) is 25.8 Å². The SMILES string of the molecule is CCC(C)(C#N)NC(=O)c1csc(Nc2cc(F)cc(F)c2)n1. The maximum Gasteiger partial charge on any atom is 0.272 e. The van der Waals surface area contributed by atoms with Crippen molar-refractivity contribution in [2.24, 2.45) is 0 Å². The topological polar surface area (TPSA) is 77.8 Å². The minimum absolute atomic E-state index is 0.129. The van der Waals surface area contributed by atoms with Gasteiger partial charge in [-0.2, -0.15) is 5.26 Å². The van der Waals surface area contributed by atoms with Crippen LogP contribution in [-0.2, 0) is 0 Å². The van der Waals surface area contributed by atoms with Gasteiger partial charge in [0.05, 0.1) is 6.07 Å². The molecular formula is C15H14F2N4OS. The summed E-state index contributed by atoms with van der Waals surface area (Å²) in [5.41, 5.74) is -0.650. The number of rotatable bonds is 5. The lowest BCUT2D eigenvalue weighted by Crippen LogP contribution is -2.44. The molecule has 0 saturated heterocycles. The third-order valence-electron chi connectivity index (χ3n) is 3.19. The zero-order chi connectivity index (χ0) is 17.0. The van der Waals surface area contributed by atoms with Crippen molar-refractivity contribution in [3.63, 3.8) is 0 Å². The van der Waals surface area contributed by atoms with Crippen LogP contribution in [0.25, 0.3) is 0 Å². The number of hydrogen-bond donors (Lipinski definition) is 2. The van der Waals surface area contributed by atoms with E-state index < -0.39 is 23.1 Å². The van der Waals surface area contributed by atoms with Gasteiger partial charge in [0.2, 0.25) is 0 Å². The highest BCUT2D eigenvalue weighted by molar-refractivity contribution is 7.14. The lowest BCUT2D eigenvalue weighted by atomic mass is 10.0. The molecule has 1 atom stereocenters. The Labute approximate surface area is 136 Å². The van der Waals surface area contributed by atoms with Gasteiger partial charge >= 0.3 is 0 Å². The third-order valence-corrected chi connectivity index (χ3v) is 3.95. The summed E-state index contributed by atoms with van der Waals surface area (Å²) in [6, 6.07) is 5.03. The van der Waals surface area contributed by atoms with Crippen molar-refractivity contribution >= 4 is 28.1 Å². The van der Waals surface area contributed by atoms with Crippen molar-refractivity contribution in [3.8, 4) is 6.07 Å². The zero-order valence-electron chi connectivity index (χ0n) is 12.5. The van der Waals surface area contributed by atoms with E-state index in [0.29, 0.717) is 11.6 Å². The second-order valence-electron chi connectivity index (χ2n) is 5.07. The number of nitrogens with zero attached hydrogens (tertiary/aromatic N) is 2. The molecule has 23 heavy (non-hydrogen) atoms. The van der Waals surface area contributed by atoms with Crippen LogP contribution in [0.2, 0.25) is 0 Å². The van der Waals surface area contributed by atoms with Gasteiger partial charge < -0.3 is 10.6 Å². The molecule has 5 nitrogen and oxygen atoms in total. The molecule has 0 fully saturated rings. The van der Waals surface area contributed by atoms with Gasteiger partial charge in [-0.1, -0.05) is 6.92 Å². The Morgan fingerprint density at radius 2 is 2.04 bits per heavy atom. The molecule has 1 heterocycles. The quantitative estimate of drug-likeness (QED) is 0.875. The molecule has 1 amide bonds. The van der Waals surface area contributed by atoms with Crippen molar-refractivity contribution < 1.29 is 13.6 Å². The van der Waals surface area contributed by atoms with Crippen molar-refractivity contribution in [3.05, 3.63) is 40.9 Å². The van der Waals surface area contributed by atoms with E-state index in [2.05, 4.69) is 15.6 Å². The van der Waals surface area contributed by atoms with Gasteiger partial charge in [-0.25, -0.2) is 13.8 Å². The van der Waals surface area contributed by atoms with Gasteiger partial charge in [-0.3, -0.25) is 4.79 Å². The molecule has 0 aliphatic carbocycles. The highest BCUT2D eigenvalue weighted by atomic mass is 32.1. The fourth-order valence-corrected chi connectivity index (χ4v) is 2.41. The van der Waals surface area contributed by atoms with Crippen LogP contribution in [0.3, 0.4) is 0 Å². The molecule has 0 saturated carbocycles. The fourth-order valence-electron chi connectivity index (χ4n) is 1.69. The molecule has 1 aromatic heterocycles. The Morgan fingerprint density at radius 1 is 1.39 bits per heavy atom. The van der Waals surface area contributed by atoms with Gasteiger partial charge in [-0.15, -0.1) is 11.3 Å². The summed E-state index contributed by atoms with van der Waals surface area (Å²) in [5, 5.41) is 16.2. The van der Waals surface area contributed by atoms with Crippen LogP contribution in [0, 0.1) is 23.0 Å². The molecule has 1 unspecified atom stereocenters. The monoisotopic (exact) mass is 336 g/mol. The highest BCUT2D eigenvalue weighted by Crippen LogP contribution is 2.23. The zero-order valence-corrected chi connectivity index (χ0v) is 13.3. The molecule has 0 radical (unpaired) electrons. The number of halogens is 2. The Balaban J connectivity index is 2.11. The van der Waals surface area contributed by atoms with Gasteiger partial charge in [-0.05, 0) is 25.5 Å². The first kappa shape index (κ1) is 16.8. The molecule has 0 aliphatic rings. The number of nitrogens with one attached hydrogen (secondary N) is 2. The molecule has 120 valence electrons. The van der Waals surface area contributed by atoms with Crippen LogP contribution in [0.1, 0.15) is 30.8 Å². The van der Waals surface area contributed by atoms with E-state index in [4.69, 9.17) is 5.26 Å². The van der Waals surface area contributed by atoms with Crippen molar-refractivity contribution in [1.82, 2.24) is 10.3 Å². The first-order chi connectivity index (χ1) is 10.8. The Morgan fingerprint density at radius 3 is 2.61 bits per heavy atom. The number of aromatic nitrogens is 1. The second kappa shape index (κ2) is 6.71. The van der Waals surface area contributed by atoms with E-state index >= 15 is 0 Å². The van der Waals surface area contributed by atoms with Crippen LogP contribution in [-0.4, -0.2) is 16.4 Å². The number of benzene rings is 1. The Hall–Kier alpha value is -2.53. The van der Waals surface area contributed by atoms with Crippen LogP contribution >= 0.6 is 11.3 Å². The number of carbonyl (C=O) groups is 1. The minimum Gasteiger partial charge on any atom is -0.333 e. The van der Waals surface area contributed by atoms with Gasteiger partial charge in [0, 0.05) is 17.1 Å². The summed E-state index contributed by atoms with van der Waals surface area (Å²) in [6.45, 7) is 3.40. The van der Waals surface area contributed by atoms with Gasteiger partial charge in [0.15, 0.2) is 5.13 Å². The molecular weight excluding hydrogens is 322 g/mol. The fraction of sp³-hybridized carbons (Fsp3) is 0.267. The van der Waals surface area contributed by atoms with Gasteiger partial charge in [0.1, 0.15) is 22.9 Å². The lowest BCUT2D eigenvalue weighted by Gasteiger charge is -2.20. The van der Waals surface area contributed by atoms with Crippen LogP contribution in [0.15, 0.2) is 23.6 Å². The summed E-state index contributed by atoms with van der Waals surface area (Å²) in [4.78, 5) is 16.1. The van der Waals surface area contributed by atoms with Crippen molar-refractivity contribution in [2.75, 3.05) is 5.32 Å². The molecule has 0 aliphatic heterocycles. The Kier molecular flexibility index (Phi) is 4.91. The summed E-state index contributed by atoms with van der Waals surface area (Å²) in [7, 11) is 0. The smallest absolute Gasteiger partial charge is 0.272 e. The first-order valence-corrected chi connectivity index (χ1v) is 7.65. The number of nitriles is 1. The molecule has 0 spiro atoms. The first-order valence-electron chi connectivity index (χ1n) is 6.77.